The number of aryl methyl sites for hydroxylation is 2. The molecule has 0 aliphatic heterocycles. The Balaban J connectivity index is 1.95. The molecule has 0 spiro atoms. The molecule has 2 heterocycles. The number of nitrogens with one attached hydrogen (secondary N) is 1. The van der Waals surface area contributed by atoms with Gasteiger partial charge in [-0.25, -0.2) is 0 Å². The highest BCUT2D eigenvalue weighted by atomic mass is 32.1. The van der Waals surface area contributed by atoms with Crippen LogP contribution in [0.3, 0.4) is 0 Å². The molecule has 1 N–H and O–H groups in total. The molecule has 0 saturated heterocycles. The summed E-state index contributed by atoms with van der Waals surface area (Å²) in [6.07, 6.45) is 0. The molecule has 0 radical (unpaired) electrons. The minimum absolute atomic E-state index is 0.0865. The van der Waals surface area contributed by atoms with Crippen molar-refractivity contribution >= 4 is 28.1 Å². The molecule has 0 fully saturated rings. The molecule has 1 aromatic carbocycles. The number of rotatable bonds is 6. The average Bonchev–Trinajstić information content (AvgIpc) is 3.14. The van der Waals surface area contributed by atoms with Crippen LogP contribution >= 0.6 is 11.3 Å². The highest BCUT2D eigenvalue weighted by molar-refractivity contribution is 7.12. The van der Waals surface area contributed by atoms with E-state index in [1.165, 1.54) is 16.9 Å². The third kappa shape index (κ3) is 3.86. The molecule has 3 aromatic rings. The lowest BCUT2D eigenvalue weighted by Crippen LogP contribution is -2.35. The Bertz CT molecular complexity index is 977. The average molecular weight is 370 g/mol. The summed E-state index contributed by atoms with van der Waals surface area (Å²) in [7, 11) is 1.60. The number of H-pyrrole nitrogens is 1. The van der Waals surface area contributed by atoms with Crippen LogP contribution in [0.1, 0.15) is 26.4 Å². The molecule has 0 bridgehead atoms. The number of methoxy groups -OCH3 is 1. The standard InChI is InChI=1S/C20H22N2O3S/c1-13-9-15-11-16(19(23)21-17(15)10-14(13)2)12-22(6-7-25-3)20(24)18-5-4-8-26-18/h4-5,8-11H,6-7,12H2,1-3H3,(H,21,23). The number of amides is 1. The molecule has 0 aliphatic carbocycles. The van der Waals surface area contributed by atoms with E-state index in [9.17, 15) is 9.59 Å². The van der Waals surface area contributed by atoms with Gasteiger partial charge in [0.2, 0.25) is 0 Å². The maximum absolute atomic E-state index is 12.8. The summed E-state index contributed by atoms with van der Waals surface area (Å²) in [5, 5.41) is 2.84. The topological polar surface area (TPSA) is 62.4 Å². The molecule has 1 amide bonds. The summed E-state index contributed by atoms with van der Waals surface area (Å²) >= 11 is 1.40. The zero-order valence-electron chi connectivity index (χ0n) is 15.2. The van der Waals surface area contributed by atoms with Gasteiger partial charge in [0.1, 0.15) is 0 Å². The first kappa shape index (κ1) is 18.4. The van der Waals surface area contributed by atoms with Gasteiger partial charge in [0, 0.05) is 24.7 Å². The lowest BCUT2D eigenvalue weighted by molar-refractivity contribution is 0.0684. The Hall–Kier alpha value is -2.44. The number of nitrogens with zero attached hydrogens (tertiary/aromatic N) is 1. The summed E-state index contributed by atoms with van der Waals surface area (Å²) in [5.41, 5.74) is 3.52. The van der Waals surface area contributed by atoms with Gasteiger partial charge in [0.05, 0.1) is 18.0 Å². The highest BCUT2D eigenvalue weighted by Gasteiger charge is 2.18. The Morgan fingerprint density at radius 2 is 2.00 bits per heavy atom. The van der Waals surface area contributed by atoms with Crippen LogP contribution in [-0.4, -0.2) is 36.1 Å². The van der Waals surface area contributed by atoms with Gasteiger partial charge in [-0.2, -0.15) is 0 Å². The van der Waals surface area contributed by atoms with E-state index < -0.39 is 0 Å². The largest absolute Gasteiger partial charge is 0.383 e. The van der Waals surface area contributed by atoms with Crippen LogP contribution < -0.4 is 5.56 Å². The summed E-state index contributed by atoms with van der Waals surface area (Å²) in [5.74, 6) is -0.0865. The Kier molecular flexibility index (Phi) is 5.54. The monoisotopic (exact) mass is 370 g/mol. The van der Waals surface area contributed by atoms with Crippen LogP contribution in [0.15, 0.2) is 40.5 Å². The molecular formula is C20H22N2O3S. The van der Waals surface area contributed by atoms with Crippen LogP contribution in [-0.2, 0) is 11.3 Å². The maximum atomic E-state index is 12.8. The van der Waals surface area contributed by atoms with Crippen molar-refractivity contribution in [2.24, 2.45) is 0 Å². The van der Waals surface area contributed by atoms with E-state index in [1.54, 1.807) is 18.1 Å². The number of carbonyl (C=O) groups is 1. The smallest absolute Gasteiger partial charge is 0.264 e. The summed E-state index contributed by atoms with van der Waals surface area (Å²) in [6.45, 7) is 5.16. The fraction of sp³-hybridized carbons (Fsp3) is 0.300. The van der Waals surface area contributed by atoms with Gasteiger partial charge >= 0.3 is 0 Å². The van der Waals surface area contributed by atoms with Gasteiger partial charge in [0.25, 0.3) is 11.5 Å². The molecule has 3 rings (SSSR count). The fourth-order valence-corrected chi connectivity index (χ4v) is 3.55. The first-order valence-corrected chi connectivity index (χ1v) is 9.32. The lowest BCUT2D eigenvalue weighted by atomic mass is 10.0. The molecule has 0 aliphatic rings. The van der Waals surface area contributed by atoms with Gasteiger partial charge in [-0.05, 0) is 60.0 Å². The van der Waals surface area contributed by atoms with Crippen LogP contribution in [0.5, 0.6) is 0 Å². The van der Waals surface area contributed by atoms with Crippen molar-refractivity contribution in [3.63, 3.8) is 0 Å². The minimum atomic E-state index is -0.165. The molecule has 2 aromatic heterocycles. The number of aromatic nitrogens is 1. The maximum Gasteiger partial charge on any atom is 0.264 e. The van der Waals surface area contributed by atoms with Crippen LogP contribution in [0.25, 0.3) is 10.9 Å². The van der Waals surface area contributed by atoms with E-state index in [4.69, 9.17) is 4.74 Å². The predicted octanol–water partition coefficient (Wildman–Crippen LogP) is 3.50. The highest BCUT2D eigenvalue weighted by Crippen LogP contribution is 2.19. The molecule has 6 heteroatoms. The second-order valence-electron chi connectivity index (χ2n) is 6.34. The van der Waals surface area contributed by atoms with Crippen molar-refractivity contribution in [1.82, 2.24) is 9.88 Å². The van der Waals surface area contributed by atoms with Crippen molar-refractivity contribution in [3.05, 3.63) is 67.6 Å². The number of benzene rings is 1. The third-order valence-corrected chi connectivity index (χ3v) is 5.34. The van der Waals surface area contributed by atoms with E-state index >= 15 is 0 Å². The van der Waals surface area contributed by atoms with Crippen LogP contribution in [0, 0.1) is 13.8 Å². The number of thiophene rings is 1. The van der Waals surface area contributed by atoms with E-state index in [0.29, 0.717) is 23.6 Å². The molecule has 0 saturated carbocycles. The van der Waals surface area contributed by atoms with Crippen molar-refractivity contribution in [3.8, 4) is 0 Å². The Morgan fingerprint density at radius 3 is 2.69 bits per heavy atom. The van der Waals surface area contributed by atoms with E-state index in [1.807, 2.05) is 37.4 Å². The van der Waals surface area contributed by atoms with Crippen molar-refractivity contribution in [1.29, 1.82) is 0 Å². The van der Waals surface area contributed by atoms with Gasteiger partial charge in [-0.1, -0.05) is 6.07 Å². The molecule has 0 unspecified atom stereocenters. The van der Waals surface area contributed by atoms with Crippen molar-refractivity contribution in [2.45, 2.75) is 20.4 Å². The second kappa shape index (κ2) is 7.85. The van der Waals surface area contributed by atoms with Crippen molar-refractivity contribution < 1.29 is 9.53 Å². The van der Waals surface area contributed by atoms with E-state index in [-0.39, 0.29) is 18.0 Å². The molecule has 0 atom stereocenters. The van der Waals surface area contributed by atoms with E-state index in [2.05, 4.69) is 11.1 Å². The second-order valence-corrected chi connectivity index (χ2v) is 7.29. The zero-order valence-corrected chi connectivity index (χ0v) is 16.0. The number of ether oxygens (including phenoxy) is 1. The molecule has 5 nitrogen and oxygen atoms in total. The quantitative estimate of drug-likeness (QED) is 0.722. The Morgan fingerprint density at radius 1 is 1.23 bits per heavy atom. The number of carbonyl (C=O) groups excluding carboxylic acids is 1. The van der Waals surface area contributed by atoms with Gasteiger partial charge < -0.3 is 14.6 Å². The number of aromatic amines is 1. The van der Waals surface area contributed by atoms with Gasteiger partial charge in [0.15, 0.2) is 0 Å². The SMILES string of the molecule is COCCN(Cc1cc2cc(C)c(C)cc2[nH]c1=O)C(=O)c1cccs1. The summed E-state index contributed by atoms with van der Waals surface area (Å²) in [4.78, 5) is 30.5. The first-order valence-electron chi connectivity index (χ1n) is 8.44. The number of fused-ring (bicyclic) bond motifs is 1. The zero-order chi connectivity index (χ0) is 18.7. The lowest BCUT2D eigenvalue weighted by Gasteiger charge is -2.21. The van der Waals surface area contributed by atoms with Crippen LogP contribution in [0.2, 0.25) is 0 Å². The van der Waals surface area contributed by atoms with Gasteiger partial charge in [-0.3, -0.25) is 9.59 Å². The minimum Gasteiger partial charge on any atom is -0.383 e. The van der Waals surface area contributed by atoms with E-state index in [0.717, 1.165) is 16.5 Å². The summed E-state index contributed by atoms with van der Waals surface area (Å²) in [6, 6.07) is 9.56. The van der Waals surface area contributed by atoms with Gasteiger partial charge in [-0.15, -0.1) is 11.3 Å². The fourth-order valence-electron chi connectivity index (χ4n) is 2.86. The number of hydrogen-bond acceptors (Lipinski definition) is 4. The predicted molar refractivity (Wildman–Crippen MR) is 105 cm³/mol. The number of hydrogen-bond donors (Lipinski definition) is 1. The van der Waals surface area contributed by atoms with Crippen LogP contribution in [0.4, 0.5) is 0 Å². The Labute approximate surface area is 156 Å². The third-order valence-electron chi connectivity index (χ3n) is 4.48. The molecular weight excluding hydrogens is 348 g/mol. The molecule has 26 heavy (non-hydrogen) atoms. The van der Waals surface area contributed by atoms with Crippen molar-refractivity contribution in [2.75, 3.05) is 20.3 Å². The first-order chi connectivity index (χ1) is 12.5. The summed E-state index contributed by atoms with van der Waals surface area (Å²) < 4.78 is 5.13. The normalized spacial score (nSPS) is 11.0. The number of pyridine rings is 1. The molecule has 136 valence electrons.